The second-order valence-corrected chi connectivity index (χ2v) is 4.02. The number of carbonyl (C=O) groups excluding carboxylic acids is 1. The van der Waals surface area contributed by atoms with Crippen molar-refractivity contribution in [3.05, 3.63) is 35.6 Å². The molecule has 0 aliphatic rings. The second kappa shape index (κ2) is 6.80. The highest BCUT2D eigenvalue weighted by Gasteiger charge is 2.43. The van der Waals surface area contributed by atoms with Gasteiger partial charge in [0.05, 0.1) is 0 Å². The van der Waals surface area contributed by atoms with Gasteiger partial charge in [-0.25, -0.2) is 0 Å². The van der Waals surface area contributed by atoms with Crippen LogP contribution in [-0.4, -0.2) is 23.5 Å². The number of amides is 1. The van der Waals surface area contributed by atoms with E-state index in [0.717, 1.165) is 31.2 Å². The smallest absolute Gasteiger partial charge is 0.461 e. The van der Waals surface area contributed by atoms with Crippen molar-refractivity contribution >= 4 is 11.6 Å². The number of nitriles is 1. The summed E-state index contributed by atoms with van der Waals surface area (Å²) in [5.74, 6) is -1.93. The van der Waals surface area contributed by atoms with Gasteiger partial charge in [0.15, 0.2) is 5.57 Å². The van der Waals surface area contributed by atoms with Crippen molar-refractivity contribution in [3.8, 4) is 11.8 Å². The standard InChI is InChI=1S/C13H10F4N2O3/c1-7(20)10(6-18)11(21)19-8-2-4-9(5-3-8)22-13(16,17)12(14)15/h2-5,12,20H,1H3,(H,19,21)/b10-7-. The molecule has 0 spiro atoms. The number of allylic oxidation sites excluding steroid dienone is 1. The third-order valence-corrected chi connectivity index (χ3v) is 2.32. The van der Waals surface area contributed by atoms with E-state index < -0.39 is 35.5 Å². The fourth-order valence-electron chi connectivity index (χ4n) is 1.30. The third kappa shape index (κ3) is 4.37. The van der Waals surface area contributed by atoms with Gasteiger partial charge in [0.2, 0.25) is 0 Å². The fraction of sp³-hybridized carbons (Fsp3) is 0.231. The van der Waals surface area contributed by atoms with Gasteiger partial charge < -0.3 is 15.2 Å². The highest BCUT2D eigenvalue weighted by atomic mass is 19.3. The maximum Gasteiger partial charge on any atom is 0.461 e. The van der Waals surface area contributed by atoms with Crippen LogP contribution in [0.25, 0.3) is 0 Å². The molecule has 1 aromatic carbocycles. The summed E-state index contributed by atoms with van der Waals surface area (Å²) < 4.78 is 53.1. The molecule has 0 fully saturated rings. The number of nitrogens with zero attached hydrogens (tertiary/aromatic N) is 1. The number of hydrogen-bond acceptors (Lipinski definition) is 4. The Morgan fingerprint density at radius 3 is 2.32 bits per heavy atom. The Hall–Kier alpha value is -2.76. The molecule has 0 unspecified atom stereocenters. The normalized spacial score (nSPS) is 12.4. The Labute approximate surface area is 122 Å². The summed E-state index contributed by atoms with van der Waals surface area (Å²) in [6, 6.07) is 5.58. The summed E-state index contributed by atoms with van der Waals surface area (Å²) in [6.07, 6.45) is -8.61. The molecule has 0 atom stereocenters. The van der Waals surface area contributed by atoms with E-state index >= 15 is 0 Å². The van der Waals surface area contributed by atoms with E-state index in [1.54, 1.807) is 0 Å². The van der Waals surface area contributed by atoms with Crippen molar-refractivity contribution in [1.82, 2.24) is 0 Å². The number of aliphatic hydroxyl groups is 1. The number of rotatable bonds is 5. The molecule has 0 saturated carbocycles. The first-order valence-corrected chi connectivity index (χ1v) is 5.73. The maximum atomic E-state index is 12.7. The summed E-state index contributed by atoms with van der Waals surface area (Å²) in [5.41, 5.74) is -0.434. The lowest BCUT2D eigenvalue weighted by atomic mass is 10.2. The quantitative estimate of drug-likeness (QED) is 0.378. The minimum absolute atomic E-state index is 0.0895. The topological polar surface area (TPSA) is 82.3 Å². The molecule has 118 valence electrons. The van der Waals surface area contributed by atoms with Crippen LogP contribution in [-0.2, 0) is 4.79 Å². The highest BCUT2D eigenvalue weighted by Crippen LogP contribution is 2.28. The molecule has 0 aliphatic heterocycles. The first kappa shape index (κ1) is 17.3. The zero-order valence-electron chi connectivity index (χ0n) is 11.1. The van der Waals surface area contributed by atoms with Gasteiger partial charge >= 0.3 is 12.5 Å². The highest BCUT2D eigenvalue weighted by molar-refractivity contribution is 6.06. The summed E-state index contributed by atoms with van der Waals surface area (Å²) >= 11 is 0. The van der Waals surface area contributed by atoms with Crippen LogP contribution in [0, 0.1) is 11.3 Å². The van der Waals surface area contributed by atoms with Gasteiger partial charge in [0.25, 0.3) is 5.91 Å². The van der Waals surface area contributed by atoms with Crippen molar-refractivity contribution in [2.75, 3.05) is 5.32 Å². The largest absolute Gasteiger partial charge is 0.511 e. The minimum Gasteiger partial charge on any atom is -0.511 e. The Bertz CT molecular complexity index is 617. The molecular formula is C13H10F4N2O3. The monoisotopic (exact) mass is 318 g/mol. The molecular weight excluding hydrogens is 308 g/mol. The number of carbonyl (C=O) groups is 1. The average molecular weight is 318 g/mol. The first-order chi connectivity index (χ1) is 10.2. The Balaban J connectivity index is 2.81. The summed E-state index contributed by atoms with van der Waals surface area (Å²) in [6.45, 7) is 1.14. The number of hydrogen-bond donors (Lipinski definition) is 2. The predicted octanol–water partition coefficient (Wildman–Crippen LogP) is 3.22. The number of aliphatic hydroxyl groups excluding tert-OH is 1. The van der Waals surface area contributed by atoms with E-state index in [2.05, 4.69) is 10.1 Å². The number of benzene rings is 1. The van der Waals surface area contributed by atoms with Crippen LogP contribution in [0.1, 0.15) is 6.92 Å². The number of alkyl halides is 4. The average Bonchev–Trinajstić information content (AvgIpc) is 2.40. The van der Waals surface area contributed by atoms with Crippen molar-refractivity contribution in [2.45, 2.75) is 19.5 Å². The van der Waals surface area contributed by atoms with Crippen molar-refractivity contribution in [3.63, 3.8) is 0 Å². The molecule has 9 heteroatoms. The zero-order valence-corrected chi connectivity index (χ0v) is 11.1. The second-order valence-electron chi connectivity index (χ2n) is 4.02. The summed E-state index contributed by atoms with van der Waals surface area (Å²) in [7, 11) is 0. The predicted molar refractivity (Wildman–Crippen MR) is 67.6 cm³/mol. The Morgan fingerprint density at radius 2 is 1.91 bits per heavy atom. The molecule has 0 saturated heterocycles. The van der Waals surface area contributed by atoms with Crippen LogP contribution in [0.5, 0.6) is 5.75 Å². The fourth-order valence-corrected chi connectivity index (χ4v) is 1.30. The molecule has 0 aromatic heterocycles. The first-order valence-electron chi connectivity index (χ1n) is 5.73. The van der Waals surface area contributed by atoms with Crippen molar-refractivity contribution in [2.24, 2.45) is 0 Å². The van der Waals surface area contributed by atoms with Crippen molar-refractivity contribution in [1.29, 1.82) is 5.26 Å². The van der Waals surface area contributed by atoms with Gasteiger partial charge in [0, 0.05) is 5.69 Å². The van der Waals surface area contributed by atoms with E-state index in [1.165, 1.54) is 6.07 Å². The van der Waals surface area contributed by atoms with Gasteiger partial charge in [-0.1, -0.05) is 0 Å². The van der Waals surface area contributed by atoms with E-state index in [4.69, 9.17) is 10.4 Å². The molecule has 0 bridgehead atoms. The maximum absolute atomic E-state index is 12.7. The summed E-state index contributed by atoms with van der Waals surface area (Å²) in [4.78, 5) is 11.6. The van der Waals surface area contributed by atoms with E-state index in [-0.39, 0.29) is 5.69 Å². The Morgan fingerprint density at radius 1 is 1.36 bits per heavy atom. The van der Waals surface area contributed by atoms with E-state index in [0.29, 0.717) is 0 Å². The molecule has 1 amide bonds. The van der Waals surface area contributed by atoms with Gasteiger partial charge in [-0.2, -0.15) is 22.8 Å². The molecule has 22 heavy (non-hydrogen) atoms. The lowest BCUT2D eigenvalue weighted by Gasteiger charge is -2.16. The molecule has 0 aliphatic carbocycles. The molecule has 1 aromatic rings. The molecule has 0 radical (unpaired) electrons. The lowest BCUT2D eigenvalue weighted by Crippen LogP contribution is -2.33. The molecule has 0 heterocycles. The SMILES string of the molecule is C/C(O)=C(\C#N)C(=O)Nc1ccc(OC(F)(F)C(F)F)cc1. The zero-order chi connectivity index (χ0) is 16.9. The number of nitrogens with one attached hydrogen (secondary N) is 1. The summed E-state index contributed by atoms with van der Waals surface area (Å²) in [5, 5.41) is 20.0. The van der Waals surface area contributed by atoms with Crippen LogP contribution in [0.4, 0.5) is 23.2 Å². The van der Waals surface area contributed by atoms with Gasteiger partial charge in [-0.15, -0.1) is 0 Å². The van der Waals surface area contributed by atoms with Gasteiger partial charge in [-0.3, -0.25) is 4.79 Å². The molecule has 1 rings (SSSR count). The van der Waals surface area contributed by atoms with E-state index in [1.807, 2.05) is 0 Å². The van der Waals surface area contributed by atoms with E-state index in [9.17, 15) is 22.4 Å². The Kier molecular flexibility index (Phi) is 5.34. The van der Waals surface area contributed by atoms with Crippen LogP contribution >= 0.6 is 0 Å². The van der Waals surface area contributed by atoms with Crippen LogP contribution in [0.3, 0.4) is 0 Å². The van der Waals surface area contributed by atoms with Gasteiger partial charge in [0.1, 0.15) is 17.6 Å². The van der Waals surface area contributed by atoms with Crippen LogP contribution in [0.15, 0.2) is 35.6 Å². The molecule has 2 N–H and O–H groups in total. The third-order valence-electron chi connectivity index (χ3n) is 2.32. The van der Waals surface area contributed by atoms with Crippen LogP contribution in [0.2, 0.25) is 0 Å². The number of ether oxygens (including phenoxy) is 1. The number of halogens is 4. The van der Waals surface area contributed by atoms with Crippen molar-refractivity contribution < 1.29 is 32.2 Å². The lowest BCUT2D eigenvalue weighted by molar-refractivity contribution is -0.253. The molecule has 5 nitrogen and oxygen atoms in total. The number of anilines is 1. The minimum atomic E-state index is -4.63. The van der Waals surface area contributed by atoms with Crippen LogP contribution < -0.4 is 10.1 Å². The van der Waals surface area contributed by atoms with Gasteiger partial charge in [-0.05, 0) is 31.2 Å².